The Kier molecular flexibility index (Phi) is 3.60. The van der Waals surface area contributed by atoms with Crippen LogP contribution in [0.25, 0.3) is 0 Å². The van der Waals surface area contributed by atoms with Crippen LogP contribution in [0.15, 0.2) is 0 Å². The molecule has 0 radical (unpaired) electrons. The molecular weight excluding hydrogens is 260 g/mol. The van der Waals surface area contributed by atoms with Gasteiger partial charge in [-0.05, 0) is 0 Å². The first-order valence-corrected chi connectivity index (χ1v) is 4.92. The molecular formula is C3H3Cl3F2O3S. The van der Waals surface area contributed by atoms with Crippen LogP contribution in [-0.2, 0) is 10.1 Å². The van der Waals surface area contributed by atoms with Crippen LogP contribution >= 0.6 is 34.8 Å². The molecule has 0 bridgehead atoms. The van der Waals surface area contributed by atoms with Crippen molar-refractivity contribution >= 4 is 44.9 Å². The standard InChI is InChI=1S/C3H3Cl3F2O3S/c4-2(8,1-7)3(5,6)12(9,10)11/h1H2,(H,9,10,11). The number of rotatable bonds is 3. The summed E-state index contributed by atoms with van der Waals surface area (Å²) in [7, 11) is -5.19. The summed E-state index contributed by atoms with van der Waals surface area (Å²) >= 11 is 14.2. The Bertz CT molecular complexity index is 262. The largest absolute Gasteiger partial charge is 0.304 e. The monoisotopic (exact) mass is 262 g/mol. The zero-order valence-electron chi connectivity index (χ0n) is 5.27. The Hall–Kier alpha value is 0.640. The summed E-state index contributed by atoms with van der Waals surface area (Å²) in [4.78, 5) is 0. The van der Waals surface area contributed by atoms with Crippen molar-refractivity contribution in [2.45, 2.75) is 8.79 Å². The maximum atomic E-state index is 12.7. The first kappa shape index (κ1) is 12.6. The van der Waals surface area contributed by atoms with E-state index in [0.717, 1.165) is 0 Å². The number of alkyl halides is 5. The molecule has 3 nitrogen and oxygen atoms in total. The molecule has 0 amide bonds. The van der Waals surface area contributed by atoms with Gasteiger partial charge in [-0.3, -0.25) is 4.55 Å². The van der Waals surface area contributed by atoms with Crippen molar-refractivity contribution in [2.24, 2.45) is 0 Å². The molecule has 0 saturated heterocycles. The average molecular weight is 263 g/mol. The van der Waals surface area contributed by atoms with Gasteiger partial charge in [-0.1, -0.05) is 34.8 Å². The maximum Gasteiger partial charge on any atom is 0.304 e. The molecule has 0 aliphatic carbocycles. The van der Waals surface area contributed by atoms with Crippen LogP contribution in [0, 0.1) is 0 Å². The lowest BCUT2D eigenvalue weighted by atomic mass is 10.5. The average Bonchev–Trinajstić information content (AvgIpc) is 1.85. The summed E-state index contributed by atoms with van der Waals surface area (Å²) < 4.78 is 49.8. The van der Waals surface area contributed by atoms with Crippen molar-refractivity contribution in [2.75, 3.05) is 6.67 Å². The Morgan fingerprint density at radius 1 is 1.33 bits per heavy atom. The van der Waals surface area contributed by atoms with Crippen molar-refractivity contribution in [1.29, 1.82) is 0 Å². The van der Waals surface area contributed by atoms with Crippen LogP contribution in [0.5, 0.6) is 0 Å². The molecule has 0 rings (SSSR count). The molecule has 0 spiro atoms. The zero-order chi connectivity index (χ0) is 10.2. The van der Waals surface area contributed by atoms with E-state index in [1.165, 1.54) is 0 Å². The van der Waals surface area contributed by atoms with E-state index in [-0.39, 0.29) is 0 Å². The number of hydrogen-bond donors (Lipinski definition) is 1. The van der Waals surface area contributed by atoms with Gasteiger partial charge in [0, 0.05) is 0 Å². The van der Waals surface area contributed by atoms with Gasteiger partial charge in [0.05, 0.1) is 0 Å². The lowest BCUT2D eigenvalue weighted by Gasteiger charge is -2.25. The second kappa shape index (κ2) is 3.42. The molecule has 0 fully saturated rings. The van der Waals surface area contributed by atoms with Gasteiger partial charge < -0.3 is 0 Å². The van der Waals surface area contributed by atoms with Crippen molar-refractivity contribution in [3.63, 3.8) is 0 Å². The number of halogens is 5. The van der Waals surface area contributed by atoms with Crippen LogP contribution in [0.4, 0.5) is 8.78 Å². The molecule has 0 saturated carbocycles. The minimum absolute atomic E-state index is 1.96. The first-order valence-electron chi connectivity index (χ1n) is 2.35. The fourth-order valence-electron chi connectivity index (χ4n) is 0.266. The minimum Gasteiger partial charge on any atom is -0.283 e. The van der Waals surface area contributed by atoms with Crippen LogP contribution in [0.2, 0.25) is 0 Å². The van der Waals surface area contributed by atoms with Crippen LogP contribution in [0.3, 0.4) is 0 Å². The highest BCUT2D eigenvalue weighted by Gasteiger charge is 2.59. The van der Waals surface area contributed by atoms with Crippen LogP contribution in [0.1, 0.15) is 0 Å². The summed E-state index contributed by atoms with van der Waals surface area (Å²) in [5.74, 6) is 0. The van der Waals surface area contributed by atoms with Gasteiger partial charge in [0.1, 0.15) is 6.67 Å². The predicted octanol–water partition coefficient (Wildman–Crippen LogP) is 1.88. The molecule has 1 unspecified atom stereocenters. The Morgan fingerprint density at radius 3 is 1.75 bits per heavy atom. The third-order valence-corrected chi connectivity index (χ3v) is 4.35. The van der Waals surface area contributed by atoms with Crippen molar-refractivity contribution < 1.29 is 21.8 Å². The third-order valence-electron chi connectivity index (χ3n) is 0.918. The lowest BCUT2D eigenvalue weighted by molar-refractivity contribution is 0.212. The van der Waals surface area contributed by atoms with Gasteiger partial charge in [-0.2, -0.15) is 8.42 Å². The zero-order valence-corrected chi connectivity index (χ0v) is 8.35. The highest BCUT2D eigenvalue weighted by Crippen LogP contribution is 2.44. The molecule has 0 aromatic carbocycles. The molecule has 74 valence electrons. The fraction of sp³-hybridized carbons (Fsp3) is 1.00. The molecule has 12 heavy (non-hydrogen) atoms. The summed E-state index contributed by atoms with van der Waals surface area (Å²) in [6, 6.07) is 0. The predicted molar refractivity (Wildman–Crippen MR) is 41.7 cm³/mol. The van der Waals surface area contributed by atoms with Gasteiger partial charge in [-0.15, -0.1) is 0 Å². The summed E-state index contributed by atoms with van der Waals surface area (Å²) in [5, 5.41) is -3.58. The van der Waals surface area contributed by atoms with Gasteiger partial charge in [0.15, 0.2) is 0 Å². The lowest BCUT2D eigenvalue weighted by Crippen LogP contribution is -2.45. The molecule has 0 aliphatic rings. The third kappa shape index (κ3) is 2.11. The first-order chi connectivity index (χ1) is 5.06. The molecule has 1 atom stereocenters. The van der Waals surface area contributed by atoms with Gasteiger partial charge in [0.25, 0.3) is 8.79 Å². The normalized spacial score (nSPS) is 18.8. The van der Waals surface area contributed by atoms with Gasteiger partial charge >= 0.3 is 10.1 Å². The second-order valence-corrected chi connectivity index (χ2v) is 5.77. The van der Waals surface area contributed by atoms with Crippen LogP contribution in [-0.4, -0.2) is 28.4 Å². The van der Waals surface area contributed by atoms with Crippen LogP contribution < -0.4 is 0 Å². The summed E-state index contributed by atoms with van der Waals surface area (Å²) in [6.45, 7) is -1.96. The van der Waals surface area contributed by atoms with E-state index in [1.54, 1.807) is 0 Å². The molecule has 0 aliphatic heterocycles. The highest BCUT2D eigenvalue weighted by molar-refractivity contribution is 7.90. The minimum atomic E-state index is -5.19. The molecule has 1 N–H and O–H groups in total. The van der Waals surface area contributed by atoms with E-state index < -0.39 is 25.6 Å². The maximum absolute atomic E-state index is 12.7. The van der Waals surface area contributed by atoms with Gasteiger partial charge in [-0.25, -0.2) is 8.78 Å². The second-order valence-electron chi connectivity index (χ2n) is 1.83. The summed E-state index contributed by atoms with van der Waals surface area (Å²) in [5.41, 5.74) is 0. The smallest absolute Gasteiger partial charge is 0.283 e. The van der Waals surface area contributed by atoms with E-state index in [2.05, 4.69) is 11.6 Å². The van der Waals surface area contributed by atoms with E-state index in [0.29, 0.717) is 0 Å². The van der Waals surface area contributed by atoms with E-state index in [1.807, 2.05) is 0 Å². The Balaban J connectivity index is 5.13. The Morgan fingerprint density at radius 2 is 1.67 bits per heavy atom. The SMILES string of the molecule is O=S(=O)(O)C(Cl)(Cl)C(F)(Cl)CF. The molecule has 0 aromatic heterocycles. The fourth-order valence-corrected chi connectivity index (χ4v) is 1.09. The highest BCUT2D eigenvalue weighted by atomic mass is 35.5. The van der Waals surface area contributed by atoms with Crippen molar-refractivity contribution in [3.05, 3.63) is 0 Å². The molecule has 9 heteroatoms. The van der Waals surface area contributed by atoms with Crippen molar-refractivity contribution in [1.82, 2.24) is 0 Å². The van der Waals surface area contributed by atoms with Gasteiger partial charge in [0.2, 0.25) is 0 Å². The van der Waals surface area contributed by atoms with Crippen molar-refractivity contribution in [3.8, 4) is 0 Å². The molecule has 0 heterocycles. The quantitative estimate of drug-likeness (QED) is 0.625. The van der Waals surface area contributed by atoms with E-state index in [4.69, 9.17) is 27.8 Å². The molecule has 0 aromatic rings. The topological polar surface area (TPSA) is 54.4 Å². The number of hydrogen-bond acceptors (Lipinski definition) is 2. The van der Waals surface area contributed by atoms with E-state index in [9.17, 15) is 17.2 Å². The summed E-state index contributed by atoms with van der Waals surface area (Å²) in [6.07, 6.45) is 0. The Labute approximate surface area is 82.3 Å². The van der Waals surface area contributed by atoms with E-state index >= 15 is 0 Å².